The van der Waals surface area contributed by atoms with Gasteiger partial charge in [0.1, 0.15) is 0 Å². The first-order valence-electron chi connectivity index (χ1n) is 5.67. The Labute approximate surface area is 98.6 Å². The molecule has 1 aliphatic heterocycles. The van der Waals surface area contributed by atoms with Crippen molar-refractivity contribution >= 4 is 7.12 Å². The summed E-state index contributed by atoms with van der Waals surface area (Å²) in [4.78, 5) is 0. The van der Waals surface area contributed by atoms with Gasteiger partial charge in [0, 0.05) is 5.57 Å². The van der Waals surface area contributed by atoms with Crippen molar-refractivity contribution in [2.24, 2.45) is 5.92 Å². The van der Waals surface area contributed by atoms with Gasteiger partial charge in [0.25, 0.3) is 0 Å². The zero-order chi connectivity index (χ0) is 12.6. The van der Waals surface area contributed by atoms with Crippen molar-refractivity contribution in [1.29, 1.82) is 5.26 Å². The molecule has 0 aromatic rings. The first-order valence-corrected chi connectivity index (χ1v) is 5.67. The van der Waals surface area contributed by atoms with E-state index in [4.69, 9.17) is 14.6 Å². The Kier molecular flexibility index (Phi) is 3.51. The van der Waals surface area contributed by atoms with Gasteiger partial charge in [-0.1, -0.05) is 13.8 Å². The summed E-state index contributed by atoms with van der Waals surface area (Å²) >= 11 is 0. The van der Waals surface area contributed by atoms with E-state index in [1.54, 1.807) is 5.98 Å². The van der Waals surface area contributed by atoms with E-state index in [0.29, 0.717) is 5.57 Å². The van der Waals surface area contributed by atoms with Crippen LogP contribution in [0.5, 0.6) is 0 Å². The molecule has 0 N–H and O–H groups in total. The lowest BCUT2D eigenvalue weighted by molar-refractivity contribution is 0.00578. The summed E-state index contributed by atoms with van der Waals surface area (Å²) in [5, 5.41) is 8.99. The average molecular weight is 221 g/mol. The summed E-state index contributed by atoms with van der Waals surface area (Å²) in [6, 6.07) is 2.18. The maximum atomic E-state index is 8.99. The molecule has 88 valence electrons. The molecule has 0 atom stereocenters. The van der Waals surface area contributed by atoms with Crippen LogP contribution in [-0.4, -0.2) is 18.3 Å². The summed E-state index contributed by atoms with van der Waals surface area (Å²) in [5.41, 5.74) is 0.0238. The number of rotatable bonds is 2. The van der Waals surface area contributed by atoms with E-state index in [9.17, 15) is 0 Å². The van der Waals surface area contributed by atoms with Crippen molar-refractivity contribution in [3.05, 3.63) is 11.5 Å². The van der Waals surface area contributed by atoms with Crippen LogP contribution in [0, 0.1) is 17.2 Å². The molecule has 0 aromatic carbocycles. The summed E-state index contributed by atoms with van der Waals surface area (Å²) < 4.78 is 11.6. The molecule has 0 aromatic heterocycles. The van der Waals surface area contributed by atoms with Gasteiger partial charge in [-0.05, 0) is 39.6 Å². The minimum atomic E-state index is -0.415. The molecule has 4 heteroatoms. The topological polar surface area (TPSA) is 42.2 Å². The van der Waals surface area contributed by atoms with Gasteiger partial charge >= 0.3 is 7.12 Å². The Hall–Kier alpha value is -0.785. The second kappa shape index (κ2) is 4.23. The molecule has 1 heterocycles. The highest BCUT2D eigenvalue weighted by Crippen LogP contribution is 2.37. The Morgan fingerprint density at radius 3 is 1.94 bits per heavy atom. The zero-order valence-electron chi connectivity index (χ0n) is 11.0. The van der Waals surface area contributed by atoms with Crippen LogP contribution < -0.4 is 0 Å². The molecule has 0 unspecified atom stereocenters. The van der Waals surface area contributed by atoms with E-state index in [-0.39, 0.29) is 17.1 Å². The van der Waals surface area contributed by atoms with Crippen LogP contribution in [0.2, 0.25) is 0 Å². The van der Waals surface area contributed by atoms with Gasteiger partial charge in [-0.25, -0.2) is 0 Å². The van der Waals surface area contributed by atoms with Crippen molar-refractivity contribution in [2.75, 3.05) is 0 Å². The van der Waals surface area contributed by atoms with Gasteiger partial charge in [0.05, 0.1) is 17.3 Å². The van der Waals surface area contributed by atoms with Gasteiger partial charge in [0.2, 0.25) is 0 Å². The summed E-state index contributed by atoms with van der Waals surface area (Å²) in [5.74, 6) is 1.98. The van der Waals surface area contributed by atoms with Crippen molar-refractivity contribution in [3.8, 4) is 6.07 Å². The fraction of sp³-hybridized carbons (Fsp3) is 0.750. The maximum absolute atomic E-state index is 8.99. The molecule has 1 rings (SSSR count). The molecule has 0 spiro atoms. The maximum Gasteiger partial charge on any atom is 0.488 e. The second-order valence-electron chi connectivity index (χ2n) is 5.51. The second-order valence-corrected chi connectivity index (χ2v) is 5.51. The third-order valence-corrected chi connectivity index (χ3v) is 3.34. The van der Waals surface area contributed by atoms with Crippen LogP contribution in [0.1, 0.15) is 41.5 Å². The van der Waals surface area contributed by atoms with E-state index in [0.717, 1.165) is 0 Å². The number of allylic oxidation sites excluding steroid dienone is 1. The van der Waals surface area contributed by atoms with Gasteiger partial charge in [-0.3, -0.25) is 0 Å². The lowest BCUT2D eigenvalue weighted by atomic mass is 9.84. The Bertz CT molecular complexity index is 323. The minimum absolute atomic E-state index is 0.198. The third-order valence-electron chi connectivity index (χ3n) is 3.34. The van der Waals surface area contributed by atoms with Crippen LogP contribution in [-0.2, 0) is 9.31 Å². The lowest BCUT2D eigenvalue weighted by Crippen LogP contribution is -2.41. The molecule has 0 aliphatic carbocycles. The van der Waals surface area contributed by atoms with E-state index in [2.05, 4.69) is 6.07 Å². The van der Waals surface area contributed by atoms with Crippen molar-refractivity contribution in [2.45, 2.75) is 52.7 Å². The molecule has 0 bridgehead atoms. The molecular formula is C12H20BNO2. The van der Waals surface area contributed by atoms with E-state index in [1.807, 2.05) is 41.5 Å². The predicted molar refractivity (Wildman–Crippen MR) is 64.6 cm³/mol. The normalized spacial score (nSPS) is 23.6. The van der Waals surface area contributed by atoms with E-state index >= 15 is 0 Å². The largest absolute Gasteiger partial charge is 0.488 e. The Morgan fingerprint density at radius 1 is 1.19 bits per heavy atom. The molecule has 1 saturated heterocycles. The van der Waals surface area contributed by atoms with Gasteiger partial charge in [0.15, 0.2) is 0 Å². The monoisotopic (exact) mass is 221 g/mol. The highest BCUT2D eigenvalue weighted by atomic mass is 16.7. The smallest absolute Gasteiger partial charge is 0.400 e. The lowest BCUT2D eigenvalue weighted by Gasteiger charge is -2.32. The highest BCUT2D eigenvalue weighted by molar-refractivity contribution is 6.52. The predicted octanol–water partition coefficient (Wildman–Crippen LogP) is 2.72. The Morgan fingerprint density at radius 2 is 1.62 bits per heavy atom. The standard InChI is InChI=1S/C12H20BNO2/c1-9(2)10(8-14)7-13-15-11(3,4)12(5,6)16-13/h7,9H,1-6H3/b10-7+. The van der Waals surface area contributed by atoms with Gasteiger partial charge in [-0.2, -0.15) is 5.26 Å². The first kappa shape index (κ1) is 13.3. The molecule has 0 saturated carbocycles. The molecular weight excluding hydrogens is 201 g/mol. The third kappa shape index (κ3) is 2.48. The van der Waals surface area contributed by atoms with Crippen molar-refractivity contribution < 1.29 is 9.31 Å². The van der Waals surface area contributed by atoms with Crippen LogP contribution in [0.4, 0.5) is 0 Å². The fourth-order valence-corrected chi connectivity index (χ4v) is 1.46. The van der Waals surface area contributed by atoms with Gasteiger partial charge < -0.3 is 9.31 Å². The molecule has 1 fully saturated rings. The summed E-state index contributed by atoms with van der Waals surface area (Å²) in [6.45, 7) is 12.0. The van der Waals surface area contributed by atoms with Crippen molar-refractivity contribution in [3.63, 3.8) is 0 Å². The molecule has 3 nitrogen and oxygen atoms in total. The number of nitrogens with zero attached hydrogens (tertiary/aromatic N) is 1. The quantitative estimate of drug-likeness (QED) is 0.531. The zero-order valence-corrected chi connectivity index (χ0v) is 11.0. The van der Waals surface area contributed by atoms with E-state index in [1.165, 1.54) is 0 Å². The van der Waals surface area contributed by atoms with Crippen LogP contribution in [0.3, 0.4) is 0 Å². The van der Waals surface area contributed by atoms with Crippen LogP contribution in [0.25, 0.3) is 0 Å². The molecule has 0 amide bonds. The van der Waals surface area contributed by atoms with Crippen LogP contribution >= 0.6 is 0 Å². The number of nitriles is 1. The first-order chi connectivity index (χ1) is 7.19. The average Bonchev–Trinajstić information content (AvgIpc) is 2.31. The summed E-state index contributed by atoms with van der Waals surface area (Å²) in [7, 11) is -0.415. The van der Waals surface area contributed by atoms with Crippen LogP contribution in [0.15, 0.2) is 11.5 Å². The van der Waals surface area contributed by atoms with E-state index < -0.39 is 7.12 Å². The van der Waals surface area contributed by atoms with Crippen molar-refractivity contribution in [1.82, 2.24) is 0 Å². The SMILES string of the molecule is CC(C)/C(C#N)=C/B1OC(C)(C)C(C)(C)O1. The highest BCUT2D eigenvalue weighted by Gasteiger charge is 2.50. The summed E-state index contributed by atoms with van der Waals surface area (Å²) in [6.07, 6.45) is 0. The Balaban J connectivity index is 2.86. The molecule has 1 aliphatic rings. The fourth-order valence-electron chi connectivity index (χ4n) is 1.46. The van der Waals surface area contributed by atoms with Gasteiger partial charge in [-0.15, -0.1) is 0 Å². The minimum Gasteiger partial charge on any atom is -0.400 e. The molecule has 0 radical (unpaired) electrons. The number of hydrogen-bond donors (Lipinski definition) is 0. The number of hydrogen-bond acceptors (Lipinski definition) is 3. The molecule has 16 heavy (non-hydrogen) atoms.